The van der Waals surface area contributed by atoms with E-state index in [1.54, 1.807) is 6.92 Å². The average Bonchev–Trinajstić information content (AvgIpc) is 2.21. The maximum atomic E-state index is 10.9. The third kappa shape index (κ3) is 6.78. The minimum absolute atomic E-state index is 0.155. The molecule has 0 spiro atoms. The first-order chi connectivity index (χ1) is 7.45. The molecule has 0 N–H and O–H groups in total. The van der Waals surface area contributed by atoms with Crippen LogP contribution >= 0.6 is 0 Å². The van der Waals surface area contributed by atoms with Gasteiger partial charge in [-0.15, -0.1) is 0 Å². The van der Waals surface area contributed by atoms with Crippen molar-refractivity contribution in [2.75, 3.05) is 13.2 Å². The zero-order chi connectivity index (χ0) is 12.6. The highest BCUT2D eigenvalue weighted by Gasteiger charge is 2.05. The van der Waals surface area contributed by atoms with Crippen LogP contribution in [0.2, 0.25) is 0 Å². The van der Waals surface area contributed by atoms with Crippen LogP contribution in [-0.2, 0) is 24.1 Å². The molecule has 0 fully saturated rings. The molecule has 0 amide bonds. The van der Waals surface area contributed by atoms with Crippen molar-refractivity contribution in [1.82, 2.24) is 0 Å². The highest BCUT2D eigenvalue weighted by atomic mass is 17.2. The van der Waals surface area contributed by atoms with E-state index < -0.39 is 11.9 Å². The molecule has 0 aromatic carbocycles. The number of ether oxygens (including phenoxy) is 1. The van der Waals surface area contributed by atoms with Crippen LogP contribution in [0, 0.1) is 0 Å². The Kier molecular flexibility index (Phi) is 6.87. The molecule has 5 nitrogen and oxygen atoms in total. The molecule has 0 rings (SSSR count). The highest BCUT2D eigenvalue weighted by Crippen LogP contribution is 1.96. The van der Waals surface area contributed by atoms with E-state index in [0.29, 0.717) is 12.0 Å². The van der Waals surface area contributed by atoms with Crippen LogP contribution in [0.5, 0.6) is 0 Å². The lowest BCUT2D eigenvalue weighted by Crippen LogP contribution is -2.10. The number of hydrogen-bond acceptors (Lipinski definition) is 5. The molecule has 90 valence electrons. The highest BCUT2D eigenvalue weighted by molar-refractivity contribution is 5.87. The summed E-state index contributed by atoms with van der Waals surface area (Å²) >= 11 is 0. The van der Waals surface area contributed by atoms with Gasteiger partial charge in [0.1, 0.15) is 0 Å². The van der Waals surface area contributed by atoms with Crippen molar-refractivity contribution in [1.29, 1.82) is 0 Å². The molecule has 5 heteroatoms. The Hall–Kier alpha value is -1.62. The van der Waals surface area contributed by atoms with Gasteiger partial charge in [-0.25, -0.2) is 9.59 Å². The molecule has 0 atom stereocenters. The van der Waals surface area contributed by atoms with Crippen LogP contribution in [0.1, 0.15) is 20.3 Å². The molecule has 0 aliphatic rings. The van der Waals surface area contributed by atoms with Gasteiger partial charge in [-0.1, -0.05) is 13.2 Å². The Balaban J connectivity index is 3.41. The first kappa shape index (κ1) is 14.4. The molecule has 0 aromatic rings. The topological polar surface area (TPSA) is 61.8 Å². The number of esters is 1. The van der Waals surface area contributed by atoms with E-state index in [1.165, 1.54) is 6.92 Å². The lowest BCUT2D eigenvalue weighted by molar-refractivity contribution is -0.269. The minimum atomic E-state index is -0.612. The van der Waals surface area contributed by atoms with E-state index in [9.17, 15) is 9.59 Å². The van der Waals surface area contributed by atoms with E-state index >= 15 is 0 Å². The van der Waals surface area contributed by atoms with E-state index in [0.717, 1.165) is 0 Å². The Morgan fingerprint density at radius 2 is 1.56 bits per heavy atom. The number of hydrogen-bond donors (Lipinski definition) is 0. The van der Waals surface area contributed by atoms with Crippen molar-refractivity contribution in [3.63, 3.8) is 0 Å². The molecule has 0 saturated carbocycles. The van der Waals surface area contributed by atoms with Crippen molar-refractivity contribution in [3.05, 3.63) is 24.3 Å². The second kappa shape index (κ2) is 7.64. The van der Waals surface area contributed by atoms with Gasteiger partial charge >= 0.3 is 11.9 Å². The largest absolute Gasteiger partial charge is 0.462 e. The smallest absolute Gasteiger partial charge is 0.368 e. The average molecular weight is 228 g/mol. The summed E-state index contributed by atoms with van der Waals surface area (Å²) in [7, 11) is 0. The molecule has 0 aliphatic carbocycles. The summed E-state index contributed by atoms with van der Waals surface area (Å²) in [5.41, 5.74) is 0.600. The number of carbonyl (C=O) groups excluding carboxylic acids is 2. The van der Waals surface area contributed by atoms with Crippen LogP contribution in [0.15, 0.2) is 24.3 Å². The summed E-state index contributed by atoms with van der Waals surface area (Å²) in [4.78, 5) is 30.7. The molecule has 0 radical (unpaired) electrons. The third-order valence-electron chi connectivity index (χ3n) is 1.44. The standard InChI is InChI=1S/C11H16O5/c1-8(2)10(12)14-6-5-7-15-16-11(13)9(3)4/h1,3,5-7H2,2,4H3. The fourth-order valence-corrected chi connectivity index (χ4v) is 0.572. The van der Waals surface area contributed by atoms with Gasteiger partial charge in [0.05, 0.1) is 13.2 Å². The lowest BCUT2D eigenvalue weighted by Gasteiger charge is -2.04. The summed E-state index contributed by atoms with van der Waals surface area (Å²) in [5, 5.41) is 0. The maximum Gasteiger partial charge on any atom is 0.368 e. The third-order valence-corrected chi connectivity index (χ3v) is 1.44. The van der Waals surface area contributed by atoms with E-state index in [4.69, 9.17) is 4.74 Å². The molecule has 16 heavy (non-hydrogen) atoms. The summed E-state index contributed by atoms with van der Waals surface area (Å²) in [6.45, 7) is 10.2. The zero-order valence-electron chi connectivity index (χ0n) is 9.58. The predicted molar refractivity (Wildman–Crippen MR) is 57.2 cm³/mol. The van der Waals surface area contributed by atoms with Crippen molar-refractivity contribution in [2.24, 2.45) is 0 Å². The molecule has 0 unspecified atom stereocenters. The predicted octanol–water partition coefficient (Wildman–Crippen LogP) is 1.55. The molecule has 0 bridgehead atoms. The van der Waals surface area contributed by atoms with Crippen molar-refractivity contribution in [3.8, 4) is 0 Å². The van der Waals surface area contributed by atoms with Crippen LogP contribution in [0.4, 0.5) is 0 Å². The first-order valence-corrected chi connectivity index (χ1v) is 4.77. The quantitative estimate of drug-likeness (QED) is 0.217. The van der Waals surface area contributed by atoms with Gasteiger partial charge < -0.3 is 4.74 Å². The van der Waals surface area contributed by atoms with E-state index in [2.05, 4.69) is 22.9 Å². The van der Waals surface area contributed by atoms with Crippen LogP contribution in [0.3, 0.4) is 0 Å². The fraction of sp³-hybridized carbons (Fsp3) is 0.455. The summed E-state index contributed by atoms with van der Waals surface area (Å²) in [5.74, 6) is -1.06. The SMILES string of the molecule is C=C(C)C(=O)OCCCOOC(=O)C(=C)C. The normalized spacial score (nSPS) is 9.38. The molecular formula is C11H16O5. The number of rotatable bonds is 7. The molecule has 0 aromatic heterocycles. The summed E-state index contributed by atoms with van der Waals surface area (Å²) in [6.07, 6.45) is 0.433. The van der Waals surface area contributed by atoms with Crippen LogP contribution in [-0.4, -0.2) is 25.2 Å². The first-order valence-electron chi connectivity index (χ1n) is 4.77. The molecule has 0 heterocycles. The van der Waals surface area contributed by atoms with Gasteiger partial charge in [0.25, 0.3) is 0 Å². The Labute approximate surface area is 94.6 Å². The van der Waals surface area contributed by atoms with Crippen molar-refractivity contribution < 1.29 is 24.1 Å². The zero-order valence-corrected chi connectivity index (χ0v) is 9.58. The van der Waals surface area contributed by atoms with Gasteiger partial charge in [0.2, 0.25) is 0 Å². The Morgan fingerprint density at radius 1 is 1.00 bits per heavy atom. The second-order valence-electron chi connectivity index (χ2n) is 3.24. The van der Waals surface area contributed by atoms with E-state index in [1.807, 2.05) is 0 Å². The summed E-state index contributed by atoms with van der Waals surface area (Å²) in [6, 6.07) is 0. The van der Waals surface area contributed by atoms with Crippen molar-refractivity contribution in [2.45, 2.75) is 20.3 Å². The second-order valence-corrected chi connectivity index (χ2v) is 3.24. The van der Waals surface area contributed by atoms with Crippen molar-refractivity contribution >= 4 is 11.9 Å². The fourth-order valence-electron chi connectivity index (χ4n) is 0.572. The molecule has 0 saturated heterocycles. The Bertz CT molecular complexity index is 263. The van der Waals surface area contributed by atoms with Gasteiger partial charge in [-0.2, -0.15) is 4.89 Å². The minimum Gasteiger partial charge on any atom is -0.462 e. The monoisotopic (exact) mass is 228 g/mol. The number of carbonyl (C=O) groups is 2. The van der Waals surface area contributed by atoms with Crippen LogP contribution in [0.25, 0.3) is 0 Å². The van der Waals surface area contributed by atoms with Gasteiger partial charge in [0, 0.05) is 17.6 Å². The van der Waals surface area contributed by atoms with Gasteiger partial charge in [-0.3, -0.25) is 4.89 Å². The van der Waals surface area contributed by atoms with E-state index in [-0.39, 0.29) is 18.8 Å². The molecule has 0 aliphatic heterocycles. The molecular weight excluding hydrogens is 212 g/mol. The Morgan fingerprint density at radius 3 is 2.06 bits per heavy atom. The lowest BCUT2D eigenvalue weighted by atomic mass is 10.4. The van der Waals surface area contributed by atoms with Gasteiger partial charge in [-0.05, 0) is 13.8 Å². The van der Waals surface area contributed by atoms with Crippen LogP contribution < -0.4 is 0 Å². The van der Waals surface area contributed by atoms with Gasteiger partial charge in [0.15, 0.2) is 0 Å². The summed E-state index contributed by atoms with van der Waals surface area (Å²) < 4.78 is 4.78. The maximum absolute atomic E-state index is 10.9.